The Morgan fingerprint density at radius 2 is 2.11 bits per heavy atom. The van der Waals surface area contributed by atoms with Crippen LogP contribution >= 0.6 is 0 Å². The van der Waals surface area contributed by atoms with Crippen LogP contribution in [0.3, 0.4) is 0 Å². The molecule has 0 aliphatic carbocycles. The number of aliphatic hydroxyl groups excluding tert-OH is 1. The minimum absolute atomic E-state index is 0.175. The fraction of sp³-hybridized carbons (Fsp3) is 0.231. The van der Waals surface area contributed by atoms with Gasteiger partial charge in [0.1, 0.15) is 5.69 Å². The third-order valence-electron chi connectivity index (χ3n) is 2.69. The molecule has 1 aromatic heterocycles. The van der Waals surface area contributed by atoms with Crippen molar-refractivity contribution in [2.75, 3.05) is 6.54 Å². The van der Waals surface area contributed by atoms with Crippen LogP contribution in [0.4, 0.5) is 0 Å². The molecule has 0 saturated carbocycles. The molecule has 1 aromatic carbocycles. The quantitative estimate of drug-likeness (QED) is 0.840. The van der Waals surface area contributed by atoms with Gasteiger partial charge in [-0.1, -0.05) is 30.3 Å². The SMILES string of the molecule is Cn1nccc1C(=O)NCC(O)c1ccccc1. The number of aliphatic hydroxyl groups is 1. The molecule has 0 aliphatic heterocycles. The van der Waals surface area contributed by atoms with Crippen LogP contribution in [0, 0.1) is 0 Å². The molecule has 5 nitrogen and oxygen atoms in total. The molecular formula is C13H15N3O2. The van der Waals surface area contributed by atoms with Gasteiger partial charge in [0.05, 0.1) is 6.10 Å². The van der Waals surface area contributed by atoms with E-state index >= 15 is 0 Å². The number of aryl methyl sites for hydroxylation is 1. The third-order valence-corrected chi connectivity index (χ3v) is 2.69. The Labute approximate surface area is 105 Å². The number of rotatable bonds is 4. The van der Waals surface area contributed by atoms with Gasteiger partial charge < -0.3 is 10.4 Å². The molecule has 1 heterocycles. The molecule has 2 aromatic rings. The third kappa shape index (κ3) is 2.75. The first-order valence-corrected chi connectivity index (χ1v) is 5.67. The van der Waals surface area contributed by atoms with Gasteiger partial charge in [0.25, 0.3) is 5.91 Å². The largest absolute Gasteiger partial charge is 0.387 e. The standard InChI is InChI=1S/C13H15N3O2/c1-16-11(7-8-15-16)13(18)14-9-12(17)10-5-3-2-4-6-10/h2-8,12,17H,9H2,1H3,(H,14,18). The number of carbonyl (C=O) groups is 1. The van der Waals surface area contributed by atoms with Crippen molar-refractivity contribution < 1.29 is 9.90 Å². The van der Waals surface area contributed by atoms with Crippen LogP contribution in [0.2, 0.25) is 0 Å². The van der Waals surface area contributed by atoms with Crippen molar-refractivity contribution in [2.45, 2.75) is 6.10 Å². The van der Waals surface area contributed by atoms with Gasteiger partial charge in [-0.2, -0.15) is 5.10 Å². The highest BCUT2D eigenvalue weighted by atomic mass is 16.3. The van der Waals surface area contributed by atoms with Crippen LogP contribution in [0.25, 0.3) is 0 Å². The van der Waals surface area contributed by atoms with Crippen LogP contribution in [0.1, 0.15) is 22.2 Å². The van der Waals surface area contributed by atoms with Crippen molar-refractivity contribution in [3.8, 4) is 0 Å². The van der Waals surface area contributed by atoms with E-state index in [0.717, 1.165) is 5.56 Å². The van der Waals surface area contributed by atoms with E-state index < -0.39 is 6.10 Å². The van der Waals surface area contributed by atoms with Crippen molar-refractivity contribution in [2.24, 2.45) is 7.05 Å². The topological polar surface area (TPSA) is 67.2 Å². The van der Waals surface area contributed by atoms with E-state index in [0.29, 0.717) is 5.69 Å². The summed E-state index contributed by atoms with van der Waals surface area (Å²) < 4.78 is 1.49. The van der Waals surface area contributed by atoms with Crippen LogP contribution in [-0.2, 0) is 7.05 Å². The summed E-state index contributed by atoms with van der Waals surface area (Å²) in [5, 5.41) is 16.5. The first-order chi connectivity index (χ1) is 8.68. The van der Waals surface area contributed by atoms with Gasteiger partial charge in [-0.3, -0.25) is 9.48 Å². The summed E-state index contributed by atoms with van der Waals surface area (Å²) in [7, 11) is 1.70. The maximum atomic E-state index is 11.8. The Hall–Kier alpha value is -2.14. The average Bonchev–Trinajstić information content (AvgIpc) is 2.83. The number of benzene rings is 1. The molecule has 0 saturated heterocycles. The molecule has 1 amide bonds. The van der Waals surface area contributed by atoms with E-state index in [2.05, 4.69) is 10.4 Å². The van der Waals surface area contributed by atoms with Crippen LogP contribution in [0.5, 0.6) is 0 Å². The number of hydrogen-bond acceptors (Lipinski definition) is 3. The lowest BCUT2D eigenvalue weighted by molar-refractivity contribution is 0.0907. The molecular weight excluding hydrogens is 230 g/mol. The molecule has 2 N–H and O–H groups in total. The fourth-order valence-electron chi connectivity index (χ4n) is 1.67. The number of nitrogens with zero attached hydrogens (tertiary/aromatic N) is 2. The second-order valence-corrected chi connectivity index (χ2v) is 3.98. The highest BCUT2D eigenvalue weighted by molar-refractivity contribution is 5.92. The van der Waals surface area contributed by atoms with E-state index in [1.807, 2.05) is 30.3 Å². The van der Waals surface area contributed by atoms with Crippen molar-refractivity contribution >= 4 is 5.91 Å². The first kappa shape index (κ1) is 12.3. The zero-order valence-electron chi connectivity index (χ0n) is 10.1. The minimum Gasteiger partial charge on any atom is -0.387 e. The van der Waals surface area contributed by atoms with Crippen LogP contribution < -0.4 is 5.32 Å². The molecule has 94 valence electrons. The van der Waals surface area contributed by atoms with E-state index in [1.165, 1.54) is 4.68 Å². The zero-order chi connectivity index (χ0) is 13.0. The molecule has 0 fully saturated rings. The highest BCUT2D eigenvalue weighted by Gasteiger charge is 2.12. The van der Waals surface area contributed by atoms with Crippen LogP contribution in [-0.4, -0.2) is 27.3 Å². The number of nitrogens with one attached hydrogen (secondary N) is 1. The van der Waals surface area contributed by atoms with E-state index in [9.17, 15) is 9.90 Å². The van der Waals surface area contributed by atoms with Crippen molar-refractivity contribution in [3.63, 3.8) is 0 Å². The predicted octanol–water partition coefficient (Wildman–Crippen LogP) is 0.884. The van der Waals surface area contributed by atoms with Crippen LogP contribution in [0.15, 0.2) is 42.6 Å². The molecule has 18 heavy (non-hydrogen) atoms. The summed E-state index contributed by atoms with van der Waals surface area (Å²) in [6.07, 6.45) is 0.853. The van der Waals surface area contributed by atoms with E-state index in [-0.39, 0.29) is 12.5 Å². The van der Waals surface area contributed by atoms with Gasteiger partial charge >= 0.3 is 0 Å². The second-order valence-electron chi connectivity index (χ2n) is 3.98. The summed E-state index contributed by atoms with van der Waals surface area (Å²) in [5.74, 6) is -0.245. The maximum Gasteiger partial charge on any atom is 0.269 e. The monoisotopic (exact) mass is 245 g/mol. The minimum atomic E-state index is -0.705. The van der Waals surface area contributed by atoms with Gasteiger partial charge in [-0.15, -0.1) is 0 Å². The molecule has 1 atom stereocenters. The van der Waals surface area contributed by atoms with E-state index in [1.54, 1.807) is 19.3 Å². The van der Waals surface area contributed by atoms with Crippen molar-refractivity contribution in [1.29, 1.82) is 0 Å². The lowest BCUT2D eigenvalue weighted by atomic mass is 10.1. The molecule has 5 heteroatoms. The summed E-state index contributed by atoms with van der Waals surface area (Å²) >= 11 is 0. The number of aromatic nitrogens is 2. The summed E-state index contributed by atoms with van der Waals surface area (Å²) in [6.45, 7) is 0.175. The molecule has 0 spiro atoms. The Balaban J connectivity index is 1.93. The molecule has 2 rings (SSSR count). The Kier molecular flexibility index (Phi) is 3.74. The van der Waals surface area contributed by atoms with Gasteiger partial charge in [-0.05, 0) is 11.6 Å². The van der Waals surface area contributed by atoms with Gasteiger partial charge in [0.15, 0.2) is 0 Å². The fourth-order valence-corrected chi connectivity index (χ4v) is 1.67. The lowest BCUT2D eigenvalue weighted by Gasteiger charge is -2.12. The average molecular weight is 245 g/mol. The normalized spacial score (nSPS) is 12.1. The zero-order valence-corrected chi connectivity index (χ0v) is 10.1. The molecule has 1 unspecified atom stereocenters. The van der Waals surface area contributed by atoms with Crippen molar-refractivity contribution in [1.82, 2.24) is 15.1 Å². The lowest BCUT2D eigenvalue weighted by Crippen LogP contribution is -2.29. The Morgan fingerprint density at radius 3 is 2.72 bits per heavy atom. The van der Waals surface area contributed by atoms with E-state index in [4.69, 9.17) is 0 Å². The second kappa shape index (κ2) is 5.46. The smallest absolute Gasteiger partial charge is 0.269 e. The number of carbonyl (C=O) groups excluding carboxylic acids is 1. The predicted molar refractivity (Wildman–Crippen MR) is 66.9 cm³/mol. The highest BCUT2D eigenvalue weighted by Crippen LogP contribution is 2.10. The summed E-state index contributed by atoms with van der Waals surface area (Å²) in [6, 6.07) is 10.8. The number of hydrogen-bond donors (Lipinski definition) is 2. The molecule has 0 radical (unpaired) electrons. The summed E-state index contributed by atoms with van der Waals surface area (Å²) in [5.41, 5.74) is 1.25. The number of amides is 1. The summed E-state index contributed by atoms with van der Waals surface area (Å²) in [4.78, 5) is 11.8. The Bertz CT molecular complexity index is 522. The maximum absolute atomic E-state index is 11.8. The van der Waals surface area contributed by atoms with Gasteiger partial charge in [-0.25, -0.2) is 0 Å². The van der Waals surface area contributed by atoms with Gasteiger partial charge in [0.2, 0.25) is 0 Å². The van der Waals surface area contributed by atoms with Crippen molar-refractivity contribution in [3.05, 3.63) is 53.9 Å². The molecule has 0 bridgehead atoms. The first-order valence-electron chi connectivity index (χ1n) is 5.67. The molecule has 0 aliphatic rings. The Morgan fingerprint density at radius 1 is 1.39 bits per heavy atom. The van der Waals surface area contributed by atoms with Gasteiger partial charge in [0, 0.05) is 19.8 Å².